The van der Waals surface area contributed by atoms with Crippen molar-refractivity contribution in [3.05, 3.63) is 36.4 Å². The number of nitrogens with one attached hydrogen (secondary N) is 1. The highest BCUT2D eigenvalue weighted by atomic mass is 16.5. The SMILES string of the molecule is CCOc1ccccc1-c1cnc(CNC)o1. The molecule has 17 heavy (non-hydrogen) atoms. The Balaban J connectivity index is 2.31. The Morgan fingerprint density at radius 3 is 2.94 bits per heavy atom. The summed E-state index contributed by atoms with van der Waals surface area (Å²) in [6.45, 7) is 3.22. The average Bonchev–Trinajstić information content (AvgIpc) is 2.79. The van der Waals surface area contributed by atoms with Crippen LogP contribution in [0.2, 0.25) is 0 Å². The fourth-order valence-corrected chi connectivity index (χ4v) is 1.62. The molecule has 0 aliphatic carbocycles. The minimum absolute atomic E-state index is 0.622. The molecule has 0 bridgehead atoms. The first-order valence-corrected chi connectivity index (χ1v) is 5.66. The van der Waals surface area contributed by atoms with E-state index in [9.17, 15) is 0 Å². The first-order valence-electron chi connectivity index (χ1n) is 5.66. The monoisotopic (exact) mass is 232 g/mol. The maximum Gasteiger partial charge on any atom is 0.208 e. The largest absolute Gasteiger partial charge is 0.493 e. The van der Waals surface area contributed by atoms with Gasteiger partial charge in [-0.3, -0.25) is 0 Å². The number of hydrogen-bond acceptors (Lipinski definition) is 4. The van der Waals surface area contributed by atoms with Crippen LogP contribution in [-0.4, -0.2) is 18.6 Å². The van der Waals surface area contributed by atoms with Crippen LogP contribution in [-0.2, 0) is 6.54 Å². The molecule has 1 N–H and O–H groups in total. The van der Waals surface area contributed by atoms with Crippen LogP contribution in [0, 0.1) is 0 Å². The summed E-state index contributed by atoms with van der Waals surface area (Å²) in [6, 6.07) is 7.80. The number of benzene rings is 1. The van der Waals surface area contributed by atoms with Gasteiger partial charge < -0.3 is 14.5 Å². The van der Waals surface area contributed by atoms with Crippen LogP contribution in [0.1, 0.15) is 12.8 Å². The molecule has 0 saturated carbocycles. The van der Waals surface area contributed by atoms with E-state index in [4.69, 9.17) is 9.15 Å². The molecule has 0 radical (unpaired) electrons. The van der Waals surface area contributed by atoms with Gasteiger partial charge in [0.2, 0.25) is 5.89 Å². The summed E-state index contributed by atoms with van der Waals surface area (Å²) in [7, 11) is 1.86. The molecule has 2 rings (SSSR count). The summed E-state index contributed by atoms with van der Waals surface area (Å²) >= 11 is 0. The summed E-state index contributed by atoms with van der Waals surface area (Å²) in [5, 5.41) is 3.00. The molecule has 0 atom stereocenters. The number of para-hydroxylation sites is 1. The first kappa shape index (κ1) is 11.7. The van der Waals surface area contributed by atoms with Gasteiger partial charge in [0, 0.05) is 0 Å². The predicted molar refractivity (Wildman–Crippen MR) is 65.9 cm³/mol. The zero-order valence-electron chi connectivity index (χ0n) is 10.1. The molecule has 0 amide bonds. The van der Waals surface area contributed by atoms with Gasteiger partial charge in [0.25, 0.3) is 0 Å². The first-order chi connectivity index (χ1) is 8.35. The second kappa shape index (κ2) is 5.50. The second-order valence-electron chi connectivity index (χ2n) is 3.58. The maximum atomic E-state index is 5.64. The Kier molecular flexibility index (Phi) is 3.77. The molecule has 1 aromatic heterocycles. The van der Waals surface area contributed by atoms with Crippen LogP contribution in [0.15, 0.2) is 34.9 Å². The van der Waals surface area contributed by atoms with Crippen molar-refractivity contribution in [3.8, 4) is 17.1 Å². The van der Waals surface area contributed by atoms with E-state index in [2.05, 4.69) is 10.3 Å². The molecule has 0 aliphatic heterocycles. The van der Waals surface area contributed by atoms with Gasteiger partial charge in [0.1, 0.15) is 5.75 Å². The molecule has 4 heteroatoms. The van der Waals surface area contributed by atoms with Gasteiger partial charge >= 0.3 is 0 Å². The molecule has 90 valence electrons. The number of ether oxygens (including phenoxy) is 1. The number of aromatic nitrogens is 1. The lowest BCUT2D eigenvalue weighted by Gasteiger charge is -2.06. The molecule has 4 nitrogen and oxygen atoms in total. The van der Waals surface area contributed by atoms with Crippen LogP contribution in [0.4, 0.5) is 0 Å². The smallest absolute Gasteiger partial charge is 0.208 e. The van der Waals surface area contributed by atoms with Gasteiger partial charge in [-0.05, 0) is 26.1 Å². The Hall–Kier alpha value is -1.81. The van der Waals surface area contributed by atoms with Gasteiger partial charge in [0.15, 0.2) is 5.76 Å². The maximum absolute atomic E-state index is 5.64. The van der Waals surface area contributed by atoms with Gasteiger partial charge in [-0.2, -0.15) is 0 Å². The van der Waals surface area contributed by atoms with E-state index in [0.29, 0.717) is 19.0 Å². The highest BCUT2D eigenvalue weighted by Crippen LogP contribution is 2.30. The van der Waals surface area contributed by atoms with E-state index >= 15 is 0 Å². The lowest BCUT2D eigenvalue weighted by atomic mass is 10.1. The Morgan fingerprint density at radius 1 is 1.35 bits per heavy atom. The topological polar surface area (TPSA) is 47.3 Å². The Bertz CT molecular complexity index is 480. The summed E-state index contributed by atoms with van der Waals surface area (Å²) in [6.07, 6.45) is 1.73. The number of nitrogens with zero attached hydrogens (tertiary/aromatic N) is 1. The van der Waals surface area contributed by atoms with Crippen molar-refractivity contribution < 1.29 is 9.15 Å². The number of hydrogen-bond donors (Lipinski definition) is 1. The molecular weight excluding hydrogens is 216 g/mol. The van der Waals surface area contributed by atoms with Crippen molar-refractivity contribution in [1.82, 2.24) is 10.3 Å². The van der Waals surface area contributed by atoms with Gasteiger partial charge in [-0.25, -0.2) is 4.98 Å². The molecule has 0 spiro atoms. The minimum atomic E-state index is 0.622. The van der Waals surface area contributed by atoms with Crippen LogP contribution < -0.4 is 10.1 Å². The standard InChI is InChI=1S/C13H16N2O2/c1-3-16-11-7-5-4-6-10(11)12-8-15-13(17-12)9-14-2/h4-8,14H,3,9H2,1-2H3. The van der Waals surface area contributed by atoms with E-state index in [0.717, 1.165) is 17.1 Å². The van der Waals surface area contributed by atoms with E-state index in [1.54, 1.807) is 6.20 Å². The lowest BCUT2D eigenvalue weighted by Crippen LogP contribution is -2.04. The molecule has 1 aromatic carbocycles. The molecule has 1 heterocycles. The van der Waals surface area contributed by atoms with Crippen LogP contribution in [0.25, 0.3) is 11.3 Å². The molecular formula is C13H16N2O2. The quantitative estimate of drug-likeness (QED) is 0.860. The van der Waals surface area contributed by atoms with Crippen molar-refractivity contribution in [1.29, 1.82) is 0 Å². The lowest BCUT2D eigenvalue weighted by molar-refractivity contribution is 0.340. The van der Waals surface area contributed by atoms with Crippen LogP contribution in [0.5, 0.6) is 5.75 Å². The van der Waals surface area contributed by atoms with Crippen molar-refractivity contribution >= 4 is 0 Å². The zero-order valence-corrected chi connectivity index (χ0v) is 10.1. The Morgan fingerprint density at radius 2 is 2.18 bits per heavy atom. The highest BCUT2D eigenvalue weighted by molar-refractivity contribution is 5.64. The molecule has 0 fully saturated rings. The molecule has 0 unspecified atom stereocenters. The second-order valence-corrected chi connectivity index (χ2v) is 3.58. The minimum Gasteiger partial charge on any atom is -0.493 e. The summed E-state index contributed by atoms with van der Waals surface area (Å²) in [5.74, 6) is 2.23. The molecule has 2 aromatic rings. The average molecular weight is 232 g/mol. The van der Waals surface area contributed by atoms with E-state index in [-0.39, 0.29) is 0 Å². The third-order valence-corrected chi connectivity index (χ3v) is 2.33. The number of oxazole rings is 1. The summed E-state index contributed by atoms with van der Waals surface area (Å²) in [5.41, 5.74) is 0.934. The molecule has 0 saturated heterocycles. The van der Waals surface area contributed by atoms with Gasteiger partial charge in [0.05, 0.1) is 24.9 Å². The number of rotatable bonds is 5. The van der Waals surface area contributed by atoms with Crippen LogP contribution in [0.3, 0.4) is 0 Å². The molecule has 0 aliphatic rings. The van der Waals surface area contributed by atoms with Crippen molar-refractivity contribution in [2.75, 3.05) is 13.7 Å². The van der Waals surface area contributed by atoms with Gasteiger partial charge in [-0.1, -0.05) is 12.1 Å². The normalized spacial score (nSPS) is 10.5. The van der Waals surface area contributed by atoms with E-state index in [1.165, 1.54) is 0 Å². The third-order valence-electron chi connectivity index (χ3n) is 2.33. The Labute approximate surface area is 101 Å². The summed E-state index contributed by atoms with van der Waals surface area (Å²) in [4.78, 5) is 4.20. The van der Waals surface area contributed by atoms with Crippen molar-refractivity contribution in [2.45, 2.75) is 13.5 Å². The zero-order chi connectivity index (χ0) is 12.1. The van der Waals surface area contributed by atoms with E-state index < -0.39 is 0 Å². The van der Waals surface area contributed by atoms with Gasteiger partial charge in [-0.15, -0.1) is 0 Å². The highest BCUT2D eigenvalue weighted by Gasteiger charge is 2.10. The van der Waals surface area contributed by atoms with Crippen LogP contribution >= 0.6 is 0 Å². The third kappa shape index (κ3) is 2.65. The van der Waals surface area contributed by atoms with E-state index in [1.807, 2.05) is 38.2 Å². The van der Waals surface area contributed by atoms with Crippen molar-refractivity contribution in [3.63, 3.8) is 0 Å². The fraction of sp³-hybridized carbons (Fsp3) is 0.308. The fourth-order valence-electron chi connectivity index (χ4n) is 1.62. The predicted octanol–water partition coefficient (Wildman–Crippen LogP) is 2.46. The summed E-state index contributed by atoms with van der Waals surface area (Å²) < 4.78 is 11.2. The van der Waals surface area contributed by atoms with Crippen molar-refractivity contribution in [2.24, 2.45) is 0 Å².